The van der Waals surface area contributed by atoms with E-state index in [0.29, 0.717) is 24.5 Å². The highest BCUT2D eigenvalue weighted by atomic mass is 19.1. The number of unbranched alkanes of at least 4 members (excludes halogenated alkanes) is 2. The number of rotatable bonds is 9. The monoisotopic (exact) mass is 323 g/mol. The molecule has 0 aliphatic rings. The van der Waals surface area contributed by atoms with E-state index in [1.54, 1.807) is 18.2 Å². The van der Waals surface area contributed by atoms with Crippen molar-refractivity contribution in [2.24, 2.45) is 4.99 Å². The lowest BCUT2D eigenvalue weighted by Gasteiger charge is -2.11. The summed E-state index contributed by atoms with van der Waals surface area (Å²) < 4.78 is 18.2. The molecular weight excluding hydrogens is 297 g/mol. The largest absolute Gasteiger partial charge is 0.469 e. The first-order valence-electron chi connectivity index (χ1n) is 7.99. The molecule has 0 saturated carbocycles. The molecule has 6 heteroatoms. The second-order valence-corrected chi connectivity index (χ2v) is 5.10. The minimum Gasteiger partial charge on any atom is -0.469 e. The first-order chi connectivity index (χ1) is 11.2. The highest BCUT2D eigenvalue weighted by Crippen LogP contribution is 2.07. The number of guanidine groups is 1. The Hall–Kier alpha value is -2.11. The Kier molecular flexibility index (Phi) is 9.43. The van der Waals surface area contributed by atoms with Crippen molar-refractivity contribution in [1.29, 1.82) is 0 Å². The van der Waals surface area contributed by atoms with Gasteiger partial charge in [0.25, 0.3) is 0 Å². The maximum absolute atomic E-state index is 13.6. The molecule has 1 aromatic carbocycles. The highest BCUT2D eigenvalue weighted by molar-refractivity contribution is 5.79. The Bertz CT molecular complexity index is 506. The molecule has 2 N–H and O–H groups in total. The van der Waals surface area contributed by atoms with E-state index in [0.717, 1.165) is 32.4 Å². The van der Waals surface area contributed by atoms with Gasteiger partial charge in [0.2, 0.25) is 0 Å². The van der Waals surface area contributed by atoms with Crippen LogP contribution in [-0.2, 0) is 16.1 Å². The maximum Gasteiger partial charge on any atom is 0.305 e. The van der Waals surface area contributed by atoms with E-state index in [2.05, 4.69) is 20.4 Å². The van der Waals surface area contributed by atoms with Crippen molar-refractivity contribution >= 4 is 11.9 Å². The summed E-state index contributed by atoms with van der Waals surface area (Å²) >= 11 is 0. The highest BCUT2D eigenvalue weighted by Gasteiger charge is 2.02. The predicted molar refractivity (Wildman–Crippen MR) is 89.7 cm³/mol. The zero-order valence-electron chi connectivity index (χ0n) is 13.9. The van der Waals surface area contributed by atoms with E-state index < -0.39 is 0 Å². The van der Waals surface area contributed by atoms with E-state index >= 15 is 0 Å². The summed E-state index contributed by atoms with van der Waals surface area (Å²) in [5, 5.41) is 6.35. The molecule has 0 fully saturated rings. The van der Waals surface area contributed by atoms with Crippen LogP contribution in [0.15, 0.2) is 29.3 Å². The molecule has 0 unspecified atom stereocenters. The molecule has 128 valence electrons. The molecule has 0 radical (unpaired) electrons. The minimum absolute atomic E-state index is 0.169. The maximum atomic E-state index is 13.6. The third-order valence-electron chi connectivity index (χ3n) is 3.29. The van der Waals surface area contributed by atoms with Crippen molar-refractivity contribution in [3.8, 4) is 0 Å². The number of halogens is 1. The number of nitrogens with zero attached hydrogens (tertiary/aromatic N) is 1. The van der Waals surface area contributed by atoms with Crippen LogP contribution in [0, 0.1) is 5.82 Å². The summed E-state index contributed by atoms with van der Waals surface area (Å²) in [5.41, 5.74) is 0.572. The van der Waals surface area contributed by atoms with Gasteiger partial charge in [0.15, 0.2) is 5.96 Å². The van der Waals surface area contributed by atoms with Gasteiger partial charge in [-0.1, -0.05) is 24.6 Å². The molecule has 0 aliphatic heterocycles. The van der Waals surface area contributed by atoms with Crippen molar-refractivity contribution in [3.05, 3.63) is 35.6 Å². The van der Waals surface area contributed by atoms with Crippen LogP contribution in [-0.4, -0.2) is 32.1 Å². The third kappa shape index (κ3) is 8.18. The summed E-state index contributed by atoms with van der Waals surface area (Å²) in [6, 6.07) is 6.64. The quantitative estimate of drug-likeness (QED) is 0.317. The Balaban J connectivity index is 2.33. The molecule has 0 bridgehead atoms. The molecule has 23 heavy (non-hydrogen) atoms. The van der Waals surface area contributed by atoms with Gasteiger partial charge in [-0.3, -0.25) is 4.79 Å². The number of carbonyl (C=O) groups excluding carboxylic acids is 1. The van der Waals surface area contributed by atoms with Gasteiger partial charge in [-0.2, -0.15) is 0 Å². The lowest BCUT2D eigenvalue weighted by atomic mass is 10.2. The molecule has 0 atom stereocenters. The Morgan fingerprint density at radius 1 is 1.22 bits per heavy atom. The molecular formula is C17H26FN3O2. The van der Waals surface area contributed by atoms with Crippen LogP contribution in [0.3, 0.4) is 0 Å². The van der Waals surface area contributed by atoms with Crippen LogP contribution < -0.4 is 10.6 Å². The van der Waals surface area contributed by atoms with Crippen LogP contribution in [0.5, 0.6) is 0 Å². The van der Waals surface area contributed by atoms with Gasteiger partial charge in [0.1, 0.15) is 5.82 Å². The SMILES string of the molecule is CCNC(=NCc1ccccc1F)NCCCCCC(=O)OC. The van der Waals surface area contributed by atoms with Gasteiger partial charge in [-0.05, 0) is 25.8 Å². The van der Waals surface area contributed by atoms with Gasteiger partial charge in [-0.25, -0.2) is 9.38 Å². The second kappa shape index (κ2) is 11.5. The molecule has 1 aromatic rings. The van der Waals surface area contributed by atoms with Crippen LogP contribution in [0.4, 0.5) is 4.39 Å². The second-order valence-electron chi connectivity index (χ2n) is 5.10. The van der Waals surface area contributed by atoms with Crippen molar-refractivity contribution in [2.75, 3.05) is 20.2 Å². The van der Waals surface area contributed by atoms with Crippen LogP contribution in [0.2, 0.25) is 0 Å². The number of methoxy groups -OCH3 is 1. The molecule has 0 spiro atoms. The van der Waals surface area contributed by atoms with E-state index in [1.165, 1.54) is 13.2 Å². The zero-order chi connectivity index (χ0) is 16.9. The van der Waals surface area contributed by atoms with E-state index in [-0.39, 0.29) is 11.8 Å². The van der Waals surface area contributed by atoms with Gasteiger partial charge in [0, 0.05) is 25.1 Å². The number of aliphatic imine (C=N–C) groups is 1. The Labute approximate surface area is 137 Å². The molecule has 1 rings (SSSR count). The predicted octanol–water partition coefficient (Wildman–Crippen LogP) is 2.61. The van der Waals surface area contributed by atoms with Gasteiger partial charge < -0.3 is 15.4 Å². The molecule has 0 aromatic heterocycles. The standard InChI is InChI=1S/C17H26FN3O2/c1-3-19-17(20-12-8-4-5-11-16(22)23-2)21-13-14-9-6-7-10-15(14)18/h6-7,9-10H,3-5,8,11-13H2,1-2H3,(H2,19,20,21). The van der Waals surface area contributed by atoms with Crippen molar-refractivity contribution < 1.29 is 13.9 Å². The summed E-state index contributed by atoms with van der Waals surface area (Å²) in [5.74, 6) is 0.261. The number of esters is 1. The lowest BCUT2D eigenvalue weighted by molar-refractivity contribution is -0.140. The number of nitrogens with one attached hydrogen (secondary N) is 2. The van der Waals surface area contributed by atoms with E-state index in [4.69, 9.17) is 0 Å². The average Bonchev–Trinajstić information content (AvgIpc) is 2.56. The molecule has 5 nitrogen and oxygen atoms in total. The Morgan fingerprint density at radius 3 is 2.70 bits per heavy atom. The zero-order valence-corrected chi connectivity index (χ0v) is 13.9. The molecule has 0 saturated heterocycles. The van der Waals surface area contributed by atoms with Crippen molar-refractivity contribution in [1.82, 2.24) is 10.6 Å². The fraction of sp³-hybridized carbons (Fsp3) is 0.529. The summed E-state index contributed by atoms with van der Waals surface area (Å²) in [4.78, 5) is 15.4. The van der Waals surface area contributed by atoms with E-state index in [1.807, 2.05) is 6.92 Å². The summed E-state index contributed by atoms with van der Waals surface area (Å²) in [6.45, 7) is 3.77. The normalized spacial score (nSPS) is 11.2. The minimum atomic E-state index is -0.241. The topological polar surface area (TPSA) is 62.7 Å². The fourth-order valence-corrected chi connectivity index (χ4v) is 2.01. The molecule has 0 amide bonds. The fourth-order valence-electron chi connectivity index (χ4n) is 2.01. The Morgan fingerprint density at radius 2 is 2.00 bits per heavy atom. The number of ether oxygens (including phenoxy) is 1. The smallest absolute Gasteiger partial charge is 0.305 e. The van der Waals surface area contributed by atoms with Gasteiger partial charge in [0.05, 0.1) is 13.7 Å². The average molecular weight is 323 g/mol. The first-order valence-corrected chi connectivity index (χ1v) is 7.99. The number of carbonyl (C=O) groups is 1. The van der Waals surface area contributed by atoms with Gasteiger partial charge in [-0.15, -0.1) is 0 Å². The number of hydrogen-bond donors (Lipinski definition) is 2. The van der Waals surface area contributed by atoms with Crippen molar-refractivity contribution in [2.45, 2.75) is 39.2 Å². The van der Waals surface area contributed by atoms with Crippen molar-refractivity contribution in [3.63, 3.8) is 0 Å². The first kappa shape index (κ1) is 18.9. The third-order valence-corrected chi connectivity index (χ3v) is 3.29. The van der Waals surface area contributed by atoms with E-state index in [9.17, 15) is 9.18 Å². The number of hydrogen-bond acceptors (Lipinski definition) is 3. The molecule has 0 heterocycles. The lowest BCUT2D eigenvalue weighted by Crippen LogP contribution is -2.37. The molecule has 0 aliphatic carbocycles. The number of benzene rings is 1. The van der Waals surface area contributed by atoms with Gasteiger partial charge >= 0.3 is 5.97 Å². The van der Waals surface area contributed by atoms with Crippen LogP contribution >= 0.6 is 0 Å². The summed E-state index contributed by atoms with van der Waals surface area (Å²) in [6.07, 6.45) is 3.14. The van der Waals surface area contributed by atoms with Crippen LogP contribution in [0.1, 0.15) is 38.2 Å². The summed E-state index contributed by atoms with van der Waals surface area (Å²) in [7, 11) is 1.40. The van der Waals surface area contributed by atoms with Crippen LogP contribution in [0.25, 0.3) is 0 Å².